The second kappa shape index (κ2) is 10.6. The molecule has 0 radical (unpaired) electrons. The molecule has 2 aromatic carbocycles. The van der Waals surface area contributed by atoms with E-state index in [1.807, 2.05) is 61.5 Å². The van der Waals surface area contributed by atoms with Crippen molar-refractivity contribution < 1.29 is 18.7 Å². The van der Waals surface area contributed by atoms with Gasteiger partial charge in [0, 0.05) is 31.4 Å². The third kappa shape index (κ3) is 5.94. The minimum absolute atomic E-state index is 0.232. The fourth-order valence-electron chi connectivity index (χ4n) is 3.06. The Morgan fingerprint density at radius 3 is 2.53 bits per heavy atom. The molecule has 3 aromatic rings. The number of benzene rings is 2. The molecule has 0 aliphatic carbocycles. The molecule has 0 spiro atoms. The Kier molecular flexibility index (Phi) is 7.63. The second-order valence-corrected chi connectivity index (χ2v) is 7.04. The first-order chi connectivity index (χ1) is 14.6. The van der Waals surface area contributed by atoms with E-state index in [4.69, 9.17) is 19.6 Å². The summed E-state index contributed by atoms with van der Waals surface area (Å²) < 4.78 is 17.0. The van der Waals surface area contributed by atoms with Gasteiger partial charge in [-0.15, -0.1) is 0 Å². The topological polar surface area (TPSA) is 87.6 Å². The number of esters is 1. The third-order valence-corrected chi connectivity index (χ3v) is 4.76. The van der Waals surface area contributed by atoms with E-state index in [-0.39, 0.29) is 12.1 Å². The van der Waals surface area contributed by atoms with Crippen molar-refractivity contribution in [3.8, 4) is 17.2 Å². The van der Waals surface area contributed by atoms with Crippen molar-refractivity contribution in [3.63, 3.8) is 0 Å². The van der Waals surface area contributed by atoms with Crippen molar-refractivity contribution in [2.24, 2.45) is 5.73 Å². The van der Waals surface area contributed by atoms with Crippen LogP contribution in [-0.4, -0.2) is 30.2 Å². The van der Waals surface area contributed by atoms with Gasteiger partial charge in [-0.25, -0.2) is 4.98 Å². The summed E-state index contributed by atoms with van der Waals surface area (Å²) in [5.41, 5.74) is 8.61. The van der Waals surface area contributed by atoms with Crippen LogP contribution < -0.4 is 10.5 Å². The van der Waals surface area contributed by atoms with E-state index in [9.17, 15) is 4.79 Å². The highest BCUT2D eigenvalue weighted by atomic mass is 16.5. The maximum absolute atomic E-state index is 11.5. The van der Waals surface area contributed by atoms with Crippen LogP contribution in [0, 0.1) is 6.92 Å². The van der Waals surface area contributed by atoms with Crippen molar-refractivity contribution in [1.29, 1.82) is 0 Å². The molecule has 2 N–H and O–H groups in total. The van der Waals surface area contributed by atoms with E-state index in [1.54, 1.807) is 6.92 Å². The standard InChI is InChI=1S/C24H28N2O4/c1-3-23(27)30-21(16-25)15-18-9-11-20(12-10-18)28-14-13-22-17(2)29-24(26-22)19-7-5-4-6-8-19/h4-12,21H,3,13-16,25H2,1-2H3. The first-order valence-corrected chi connectivity index (χ1v) is 10.2. The molecule has 6 nitrogen and oxygen atoms in total. The van der Waals surface area contributed by atoms with E-state index < -0.39 is 0 Å². The summed E-state index contributed by atoms with van der Waals surface area (Å²) in [7, 11) is 0. The van der Waals surface area contributed by atoms with Crippen LogP contribution in [0.15, 0.2) is 59.0 Å². The molecule has 1 unspecified atom stereocenters. The number of hydrogen-bond donors (Lipinski definition) is 1. The maximum atomic E-state index is 11.5. The van der Waals surface area contributed by atoms with Crippen molar-refractivity contribution in [2.45, 2.75) is 39.2 Å². The van der Waals surface area contributed by atoms with Gasteiger partial charge in [-0.05, 0) is 36.8 Å². The van der Waals surface area contributed by atoms with Crippen LogP contribution in [0.4, 0.5) is 0 Å². The Hall–Kier alpha value is -3.12. The van der Waals surface area contributed by atoms with Gasteiger partial charge >= 0.3 is 5.97 Å². The quantitative estimate of drug-likeness (QED) is 0.508. The molecule has 0 bridgehead atoms. The summed E-state index contributed by atoms with van der Waals surface area (Å²) in [5, 5.41) is 0. The van der Waals surface area contributed by atoms with E-state index in [0.717, 1.165) is 28.3 Å². The number of rotatable bonds is 10. The first-order valence-electron chi connectivity index (χ1n) is 10.2. The maximum Gasteiger partial charge on any atom is 0.305 e. The van der Waals surface area contributed by atoms with Crippen LogP contribution in [0.25, 0.3) is 11.5 Å². The van der Waals surface area contributed by atoms with Crippen LogP contribution in [0.5, 0.6) is 5.75 Å². The van der Waals surface area contributed by atoms with Gasteiger partial charge in [-0.2, -0.15) is 0 Å². The third-order valence-electron chi connectivity index (χ3n) is 4.76. The number of aromatic nitrogens is 1. The number of nitrogens with two attached hydrogens (primary N) is 1. The van der Waals surface area contributed by atoms with Crippen molar-refractivity contribution in [3.05, 3.63) is 71.6 Å². The summed E-state index contributed by atoms with van der Waals surface area (Å²) in [6, 6.07) is 17.6. The molecule has 158 valence electrons. The predicted molar refractivity (Wildman–Crippen MR) is 115 cm³/mol. The van der Waals surface area contributed by atoms with Crippen LogP contribution in [0.2, 0.25) is 0 Å². The predicted octanol–water partition coefficient (Wildman–Crippen LogP) is 4.09. The monoisotopic (exact) mass is 408 g/mol. The SMILES string of the molecule is CCC(=O)OC(CN)Cc1ccc(OCCc2nc(-c3ccccc3)oc2C)cc1. The molecule has 0 aliphatic heterocycles. The summed E-state index contributed by atoms with van der Waals surface area (Å²) in [6.45, 7) is 4.49. The normalized spacial score (nSPS) is 11.8. The summed E-state index contributed by atoms with van der Waals surface area (Å²) >= 11 is 0. The number of carbonyl (C=O) groups excluding carboxylic acids is 1. The lowest BCUT2D eigenvalue weighted by atomic mass is 10.1. The minimum atomic E-state index is -0.307. The van der Waals surface area contributed by atoms with E-state index in [0.29, 0.717) is 38.3 Å². The van der Waals surface area contributed by atoms with Crippen molar-refractivity contribution in [2.75, 3.05) is 13.2 Å². The zero-order valence-corrected chi connectivity index (χ0v) is 17.5. The first kappa shape index (κ1) is 21.6. The van der Waals surface area contributed by atoms with Crippen molar-refractivity contribution >= 4 is 5.97 Å². The molecular formula is C24H28N2O4. The van der Waals surface area contributed by atoms with Gasteiger partial charge in [0.15, 0.2) is 0 Å². The van der Waals surface area contributed by atoms with Gasteiger partial charge in [-0.1, -0.05) is 37.3 Å². The van der Waals surface area contributed by atoms with Gasteiger partial charge in [0.05, 0.1) is 12.3 Å². The summed E-state index contributed by atoms with van der Waals surface area (Å²) in [6.07, 6.45) is 1.29. The Balaban J connectivity index is 1.51. The molecule has 1 atom stereocenters. The number of aryl methyl sites for hydroxylation is 1. The number of carbonyl (C=O) groups is 1. The smallest absolute Gasteiger partial charge is 0.305 e. The lowest BCUT2D eigenvalue weighted by Crippen LogP contribution is -2.28. The molecule has 1 heterocycles. The van der Waals surface area contributed by atoms with E-state index in [1.165, 1.54) is 0 Å². The fraction of sp³-hybridized carbons (Fsp3) is 0.333. The number of ether oxygens (including phenoxy) is 2. The van der Waals surface area contributed by atoms with Crippen LogP contribution in [0.1, 0.15) is 30.4 Å². The Morgan fingerprint density at radius 2 is 1.87 bits per heavy atom. The molecule has 0 aliphatic rings. The lowest BCUT2D eigenvalue weighted by Gasteiger charge is -2.16. The highest BCUT2D eigenvalue weighted by Gasteiger charge is 2.13. The average molecular weight is 408 g/mol. The molecule has 0 saturated heterocycles. The lowest BCUT2D eigenvalue weighted by molar-refractivity contribution is -0.148. The molecule has 1 aromatic heterocycles. The number of oxazole rings is 1. The van der Waals surface area contributed by atoms with Gasteiger partial charge in [0.25, 0.3) is 0 Å². The molecule has 6 heteroatoms. The highest BCUT2D eigenvalue weighted by Crippen LogP contribution is 2.22. The molecule has 0 saturated carbocycles. The average Bonchev–Trinajstić information content (AvgIpc) is 3.15. The molecule has 3 rings (SSSR count). The molecular weight excluding hydrogens is 380 g/mol. The van der Waals surface area contributed by atoms with Crippen LogP contribution in [-0.2, 0) is 22.4 Å². The summed E-state index contributed by atoms with van der Waals surface area (Å²) in [5.74, 6) is 1.98. The zero-order valence-electron chi connectivity index (χ0n) is 17.5. The van der Waals surface area contributed by atoms with E-state index in [2.05, 4.69) is 4.98 Å². The Labute approximate surface area is 177 Å². The van der Waals surface area contributed by atoms with Crippen LogP contribution in [0.3, 0.4) is 0 Å². The minimum Gasteiger partial charge on any atom is -0.493 e. The largest absolute Gasteiger partial charge is 0.493 e. The summed E-state index contributed by atoms with van der Waals surface area (Å²) in [4.78, 5) is 16.1. The Morgan fingerprint density at radius 1 is 1.13 bits per heavy atom. The van der Waals surface area contributed by atoms with Gasteiger partial charge < -0.3 is 19.6 Å². The molecule has 30 heavy (non-hydrogen) atoms. The van der Waals surface area contributed by atoms with Crippen molar-refractivity contribution in [1.82, 2.24) is 4.98 Å². The number of nitrogens with zero attached hydrogens (tertiary/aromatic N) is 1. The van der Waals surface area contributed by atoms with Gasteiger partial charge in [-0.3, -0.25) is 4.79 Å². The van der Waals surface area contributed by atoms with E-state index >= 15 is 0 Å². The van der Waals surface area contributed by atoms with Gasteiger partial charge in [0.1, 0.15) is 17.6 Å². The molecule has 0 fully saturated rings. The molecule has 0 amide bonds. The zero-order chi connectivity index (χ0) is 21.3. The van der Waals surface area contributed by atoms with Gasteiger partial charge in [0.2, 0.25) is 5.89 Å². The Bertz CT molecular complexity index is 936. The second-order valence-electron chi connectivity index (χ2n) is 7.04. The number of hydrogen-bond acceptors (Lipinski definition) is 6. The fourth-order valence-corrected chi connectivity index (χ4v) is 3.06. The van der Waals surface area contributed by atoms with Crippen LogP contribution >= 0.6 is 0 Å². The highest BCUT2D eigenvalue weighted by molar-refractivity contribution is 5.69.